The van der Waals surface area contributed by atoms with E-state index in [4.69, 9.17) is 4.98 Å². The van der Waals surface area contributed by atoms with Crippen molar-refractivity contribution < 1.29 is 0 Å². The van der Waals surface area contributed by atoms with Gasteiger partial charge in [0, 0.05) is 16.3 Å². The molecule has 0 aliphatic heterocycles. The summed E-state index contributed by atoms with van der Waals surface area (Å²) in [5, 5.41) is 2.51. The first-order chi connectivity index (χ1) is 18.2. The van der Waals surface area contributed by atoms with Crippen molar-refractivity contribution in [1.82, 2.24) is 9.55 Å². The van der Waals surface area contributed by atoms with Gasteiger partial charge in [-0.1, -0.05) is 125 Å². The second kappa shape index (κ2) is 12.2. The molecule has 186 valence electrons. The molecule has 0 fully saturated rings. The normalized spacial score (nSPS) is 10.4. The van der Waals surface area contributed by atoms with Crippen LogP contribution < -0.4 is 0 Å². The van der Waals surface area contributed by atoms with E-state index in [1.54, 1.807) is 0 Å². The lowest BCUT2D eigenvalue weighted by molar-refractivity contribution is 1.08. The van der Waals surface area contributed by atoms with Crippen molar-refractivity contribution in [3.63, 3.8) is 0 Å². The standard InChI is InChI=1S/C30H22N2.C3H8.C2H6/c1-21-16-17-29-26(18-21)25-14-8-9-15-28(25)32(29)30-20-24(22-10-4-2-5-11-22)19-27(31-30)23-12-6-3-7-13-23;1-3-2;1-2/h2-20H,1H3;3H2,1-2H3;1-2H3. The summed E-state index contributed by atoms with van der Waals surface area (Å²) in [7, 11) is 0. The molecule has 2 nitrogen and oxygen atoms in total. The molecule has 0 N–H and O–H groups in total. The van der Waals surface area contributed by atoms with E-state index in [1.807, 2.05) is 19.9 Å². The number of aryl methyl sites for hydroxylation is 1. The molecule has 4 aromatic carbocycles. The van der Waals surface area contributed by atoms with Gasteiger partial charge >= 0.3 is 0 Å². The number of pyridine rings is 1. The van der Waals surface area contributed by atoms with Gasteiger partial charge in [-0.15, -0.1) is 0 Å². The van der Waals surface area contributed by atoms with Crippen LogP contribution in [-0.4, -0.2) is 9.55 Å². The highest BCUT2D eigenvalue weighted by Crippen LogP contribution is 2.34. The monoisotopic (exact) mass is 484 g/mol. The summed E-state index contributed by atoms with van der Waals surface area (Å²) < 4.78 is 2.29. The van der Waals surface area contributed by atoms with Crippen LogP contribution in [0.5, 0.6) is 0 Å². The molecule has 0 saturated carbocycles. The maximum absolute atomic E-state index is 5.16. The topological polar surface area (TPSA) is 17.8 Å². The van der Waals surface area contributed by atoms with Crippen molar-refractivity contribution in [2.75, 3.05) is 0 Å². The molecule has 2 heteroatoms. The third-order valence-electron chi connectivity index (χ3n) is 6.05. The highest BCUT2D eigenvalue weighted by atomic mass is 15.1. The second-order valence-corrected chi connectivity index (χ2v) is 8.91. The Morgan fingerprint density at radius 1 is 0.568 bits per heavy atom. The summed E-state index contributed by atoms with van der Waals surface area (Å²) >= 11 is 0. The van der Waals surface area contributed by atoms with Crippen LogP contribution in [-0.2, 0) is 0 Å². The van der Waals surface area contributed by atoms with Crippen molar-refractivity contribution in [1.29, 1.82) is 0 Å². The molecular formula is C35H36N2. The fourth-order valence-corrected chi connectivity index (χ4v) is 4.52. The number of hydrogen-bond acceptors (Lipinski definition) is 1. The molecule has 0 atom stereocenters. The third-order valence-corrected chi connectivity index (χ3v) is 6.05. The fraction of sp³-hybridized carbons (Fsp3) is 0.171. The van der Waals surface area contributed by atoms with Gasteiger partial charge in [0.25, 0.3) is 0 Å². The van der Waals surface area contributed by atoms with Crippen molar-refractivity contribution in [2.24, 2.45) is 0 Å². The zero-order valence-corrected chi connectivity index (χ0v) is 22.6. The van der Waals surface area contributed by atoms with Crippen LogP contribution in [0.4, 0.5) is 0 Å². The Morgan fingerprint density at radius 3 is 1.81 bits per heavy atom. The average Bonchev–Trinajstić information content (AvgIpc) is 3.29. The van der Waals surface area contributed by atoms with Gasteiger partial charge in [-0.3, -0.25) is 4.57 Å². The van der Waals surface area contributed by atoms with Gasteiger partial charge in [-0.05, 0) is 48.4 Å². The number of benzene rings is 4. The van der Waals surface area contributed by atoms with E-state index < -0.39 is 0 Å². The largest absolute Gasteiger partial charge is 0.294 e. The Kier molecular flexibility index (Phi) is 8.53. The lowest BCUT2D eigenvalue weighted by atomic mass is 10.0. The number of rotatable bonds is 3. The molecule has 6 rings (SSSR count). The van der Waals surface area contributed by atoms with E-state index in [9.17, 15) is 0 Å². The Morgan fingerprint density at radius 2 is 1.14 bits per heavy atom. The Hall–Kier alpha value is -4.17. The van der Waals surface area contributed by atoms with Crippen LogP contribution in [0.3, 0.4) is 0 Å². The smallest absolute Gasteiger partial charge is 0.138 e. The lowest BCUT2D eigenvalue weighted by Gasteiger charge is -2.13. The molecule has 0 bridgehead atoms. The highest BCUT2D eigenvalue weighted by Gasteiger charge is 2.15. The minimum Gasteiger partial charge on any atom is -0.294 e. The van der Waals surface area contributed by atoms with Crippen molar-refractivity contribution >= 4 is 21.8 Å². The Bertz CT molecular complexity index is 1520. The zero-order chi connectivity index (χ0) is 26.2. The molecule has 0 unspecified atom stereocenters. The van der Waals surface area contributed by atoms with Gasteiger partial charge in [0.15, 0.2) is 0 Å². The number of para-hydroxylation sites is 1. The van der Waals surface area contributed by atoms with Gasteiger partial charge in [0.2, 0.25) is 0 Å². The molecular weight excluding hydrogens is 448 g/mol. The van der Waals surface area contributed by atoms with E-state index >= 15 is 0 Å². The molecule has 0 aliphatic rings. The van der Waals surface area contributed by atoms with Crippen LogP contribution in [0.1, 0.15) is 39.7 Å². The number of nitrogens with zero attached hydrogens (tertiary/aromatic N) is 2. The van der Waals surface area contributed by atoms with Gasteiger partial charge in [-0.25, -0.2) is 4.98 Å². The number of aromatic nitrogens is 2. The van der Waals surface area contributed by atoms with Gasteiger partial charge < -0.3 is 0 Å². The van der Waals surface area contributed by atoms with Gasteiger partial charge in [0.1, 0.15) is 5.82 Å². The first-order valence-electron chi connectivity index (χ1n) is 13.3. The molecule has 0 saturated heterocycles. The number of fused-ring (bicyclic) bond motifs is 3. The Balaban J connectivity index is 0.000000599. The van der Waals surface area contributed by atoms with E-state index in [1.165, 1.54) is 39.4 Å². The summed E-state index contributed by atoms with van der Waals surface area (Å²) in [5.41, 5.74) is 8.04. The summed E-state index contributed by atoms with van der Waals surface area (Å²) in [5.74, 6) is 0.931. The first kappa shape index (κ1) is 25.9. The fourth-order valence-electron chi connectivity index (χ4n) is 4.52. The quantitative estimate of drug-likeness (QED) is 0.244. The molecule has 37 heavy (non-hydrogen) atoms. The van der Waals surface area contributed by atoms with E-state index in [2.05, 4.69) is 135 Å². The van der Waals surface area contributed by atoms with Crippen molar-refractivity contribution in [2.45, 2.75) is 41.0 Å². The molecule has 6 aromatic rings. The molecule has 0 amide bonds. The minimum atomic E-state index is 0.931. The maximum Gasteiger partial charge on any atom is 0.138 e. The Labute approximate surface area is 221 Å². The molecule has 0 aliphatic carbocycles. The van der Waals surface area contributed by atoms with E-state index in [-0.39, 0.29) is 0 Å². The summed E-state index contributed by atoms with van der Waals surface area (Å²) in [6, 6.07) is 40.6. The minimum absolute atomic E-state index is 0.931. The molecule has 2 heterocycles. The van der Waals surface area contributed by atoms with Crippen LogP contribution >= 0.6 is 0 Å². The predicted molar refractivity (Wildman–Crippen MR) is 161 cm³/mol. The van der Waals surface area contributed by atoms with Crippen LogP contribution in [0.15, 0.2) is 115 Å². The van der Waals surface area contributed by atoms with Gasteiger partial charge in [0.05, 0.1) is 16.7 Å². The zero-order valence-electron chi connectivity index (χ0n) is 22.6. The van der Waals surface area contributed by atoms with E-state index in [0.717, 1.165) is 22.6 Å². The lowest BCUT2D eigenvalue weighted by Crippen LogP contribution is -2.00. The number of hydrogen-bond donors (Lipinski definition) is 0. The molecule has 2 aromatic heterocycles. The molecule has 0 radical (unpaired) electrons. The maximum atomic E-state index is 5.16. The summed E-state index contributed by atoms with van der Waals surface area (Å²) in [6.07, 6.45) is 1.25. The average molecular weight is 485 g/mol. The van der Waals surface area contributed by atoms with Crippen LogP contribution in [0.25, 0.3) is 50.0 Å². The van der Waals surface area contributed by atoms with E-state index in [0.29, 0.717) is 0 Å². The van der Waals surface area contributed by atoms with Crippen molar-refractivity contribution in [3.8, 4) is 28.2 Å². The SMILES string of the molecule is CC.CCC.Cc1ccc2c(c1)c1ccccc1n2-c1cc(-c2ccccc2)cc(-c2ccccc2)n1. The predicted octanol–water partition coefficient (Wildman–Crippen LogP) is 10.3. The highest BCUT2D eigenvalue weighted by molar-refractivity contribution is 6.09. The summed E-state index contributed by atoms with van der Waals surface area (Å²) in [4.78, 5) is 5.16. The van der Waals surface area contributed by atoms with Crippen molar-refractivity contribution in [3.05, 3.63) is 121 Å². The van der Waals surface area contributed by atoms with Crippen LogP contribution in [0.2, 0.25) is 0 Å². The van der Waals surface area contributed by atoms with Gasteiger partial charge in [-0.2, -0.15) is 0 Å². The summed E-state index contributed by atoms with van der Waals surface area (Å²) in [6.45, 7) is 10.4. The first-order valence-corrected chi connectivity index (χ1v) is 13.3. The third kappa shape index (κ3) is 5.49. The molecule has 0 spiro atoms. The van der Waals surface area contributed by atoms with Crippen LogP contribution in [0, 0.1) is 6.92 Å². The second-order valence-electron chi connectivity index (χ2n) is 8.91.